The van der Waals surface area contributed by atoms with E-state index < -0.39 is 15.6 Å². The zero-order valence-corrected chi connectivity index (χ0v) is 13.0. The van der Waals surface area contributed by atoms with E-state index in [0.29, 0.717) is 17.2 Å². The Bertz CT molecular complexity index is 725. The maximum absolute atomic E-state index is 13.1. The van der Waals surface area contributed by atoms with Gasteiger partial charge in [-0.15, -0.1) is 0 Å². The minimum Gasteiger partial charge on any atom is -0.360 e. The van der Waals surface area contributed by atoms with E-state index in [9.17, 15) is 12.8 Å². The highest BCUT2D eigenvalue weighted by Crippen LogP contribution is 2.26. The molecule has 0 amide bonds. The Morgan fingerprint density at radius 1 is 1.40 bits per heavy atom. The van der Waals surface area contributed by atoms with Crippen molar-refractivity contribution in [3.63, 3.8) is 0 Å². The van der Waals surface area contributed by atoms with Crippen LogP contribution in [0.4, 0.5) is 9.52 Å². The van der Waals surface area contributed by atoms with Crippen molar-refractivity contribution in [1.29, 1.82) is 0 Å². The van der Waals surface area contributed by atoms with E-state index in [-0.39, 0.29) is 5.82 Å². The summed E-state index contributed by atoms with van der Waals surface area (Å²) in [6, 6.07) is 4.41. The summed E-state index contributed by atoms with van der Waals surface area (Å²) in [5.74, 6) is -0.299. The largest absolute Gasteiger partial charge is 0.360 e. The molecule has 0 atom stereocenters. The summed E-state index contributed by atoms with van der Waals surface area (Å²) in [6.45, 7) is 3.92. The number of fused-ring (bicyclic) bond motifs is 1. The van der Waals surface area contributed by atoms with E-state index in [1.54, 1.807) is 19.9 Å². The Morgan fingerprint density at radius 3 is 2.75 bits per heavy atom. The highest BCUT2D eigenvalue weighted by Gasteiger charge is 2.22. The second-order valence-corrected chi connectivity index (χ2v) is 8.02. The van der Waals surface area contributed by atoms with Gasteiger partial charge in [-0.05, 0) is 32.0 Å². The van der Waals surface area contributed by atoms with E-state index in [1.165, 1.54) is 23.5 Å². The first-order valence-electron chi connectivity index (χ1n) is 5.94. The molecular formula is C12H16FN3O2S2. The predicted octanol–water partition coefficient (Wildman–Crippen LogP) is 2.18. The molecule has 8 heteroatoms. The number of sulfonamides is 1. The van der Waals surface area contributed by atoms with Gasteiger partial charge in [0.05, 0.1) is 16.5 Å². The van der Waals surface area contributed by atoms with Crippen molar-refractivity contribution in [2.24, 2.45) is 0 Å². The molecule has 1 aromatic carbocycles. The SMILES string of the molecule is CC(C)(CNc1nc2ccc(F)cc2s1)NS(C)(=O)=O. The number of aromatic nitrogens is 1. The van der Waals surface area contributed by atoms with Gasteiger partial charge in [0.1, 0.15) is 5.82 Å². The molecule has 0 unspecified atom stereocenters. The third-order valence-electron chi connectivity index (χ3n) is 2.49. The van der Waals surface area contributed by atoms with Gasteiger partial charge in [0.2, 0.25) is 10.0 Å². The van der Waals surface area contributed by atoms with Gasteiger partial charge < -0.3 is 5.32 Å². The number of halogens is 1. The quantitative estimate of drug-likeness (QED) is 0.886. The fourth-order valence-electron chi connectivity index (χ4n) is 1.81. The molecule has 2 N–H and O–H groups in total. The van der Waals surface area contributed by atoms with Gasteiger partial charge >= 0.3 is 0 Å². The van der Waals surface area contributed by atoms with Crippen LogP contribution in [0.2, 0.25) is 0 Å². The Hall–Kier alpha value is -1.25. The van der Waals surface area contributed by atoms with Gasteiger partial charge in [0.15, 0.2) is 5.13 Å². The van der Waals surface area contributed by atoms with Gasteiger partial charge in [-0.3, -0.25) is 0 Å². The zero-order chi connectivity index (χ0) is 15.0. The van der Waals surface area contributed by atoms with Crippen molar-refractivity contribution < 1.29 is 12.8 Å². The van der Waals surface area contributed by atoms with Gasteiger partial charge in [-0.25, -0.2) is 22.5 Å². The van der Waals surface area contributed by atoms with Crippen LogP contribution in [-0.2, 0) is 10.0 Å². The van der Waals surface area contributed by atoms with Crippen LogP contribution in [0.15, 0.2) is 18.2 Å². The monoisotopic (exact) mass is 317 g/mol. The molecule has 0 spiro atoms. The molecule has 0 bridgehead atoms. The predicted molar refractivity (Wildman–Crippen MR) is 80.1 cm³/mol. The molecule has 5 nitrogen and oxygen atoms in total. The van der Waals surface area contributed by atoms with Crippen LogP contribution in [0.3, 0.4) is 0 Å². The van der Waals surface area contributed by atoms with Gasteiger partial charge in [-0.2, -0.15) is 0 Å². The average Bonchev–Trinajstić information content (AvgIpc) is 2.65. The first-order chi connectivity index (χ1) is 9.15. The summed E-state index contributed by atoms with van der Waals surface area (Å²) in [6.07, 6.45) is 1.12. The van der Waals surface area contributed by atoms with Crippen LogP contribution < -0.4 is 10.0 Å². The molecule has 0 saturated heterocycles. The number of thiazole rings is 1. The highest BCUT2D eigenvalue weighted by atomic mass is 32.2. The Balaban J connectivity index is 2.09. The van der Waals surface area contributed by atoms with E-state index in [1.807, 2.05) is 0 Å². The maximum Gasteiger partial charge on any atom is 0.209 e. The topological polar surface area (TPSA) is 71.1 Å². The fraction of sp³-hybridized carbons (Fsp3) is 0.417. The standard InChI is InChI=1S/C12H16FN3O2S2/c1-12(2,16-20(3,17)18)7-14-11-15-9-5-4-8(13)6-10(9)19-11/h4-6,16H,7H2,1-3H3,(H,14,15). The Labute approximate surface area is 121 Å². The second kappa shape index (κ2) is 5.27. The number of anilines is 1. The van der Waals surface area contributed by atoms with Gasteiger partial charge in [-0.1, -0.05) is 11.3 Å². The Kier molecular flexibility index (Phi) is 3.99. The molecule has 0 aliphatic heterocycles. The lowest BCUT2D eigenvalue weighted by Crippen LogP contribution is -2.47. The van der Waals surface area contributed by atoms with Crippen molar-refractivity contribution in [1.82, 2.24) is 9.71 Å². The number of nitrogens with zero attached hydrogens (tertiary/aromatic N) is 1. The van der Waals surface area contributed by atoms with Crippen LogP contribution in [0.25, 0.3) is 10.2 Å². The van der Waals surface area contributed by atoms with Gasteiger partial charge in [0.25, 0.3) is 0 Å². The van der Waals surface area contributed by atoms with Gasteiger partial charge in [0, 0.05) is 12.1 Å². The lowest BCUT2D eigenvalue weighted by Gasteiger charge is -2.25. The van der Waals surface area contributed by atoms with Crippen molar-refractivity contribution in [3.05, 3.63) is 24.0 Å². The van der Waals surface area contributed by atoms with Crippen molar-refractivity contribution >= 4 is 36.7 Å². The smallest absolute Gasteiger partial charge is 0.209 e. The molecule has 0 aliphatic rings. The molecule has 2 aromatic rings. The summed E-state index contributed by atoms with van der Waals surface area (Å²) in [5, 5.41) is 3.71. The van der Waals surface area contributed by atoms with E-state index >= 15 is 0 Å². The first-order valence-corrected chi connectivity index (χ1v) is 8.64. The molecule has 2 rings (SSSR count). The molecule has 0 saturated carbocycles. The summed E-state index contributed by atoms with van der Waals surface area (Å²) in [5.41, 5.74) is 0.0734. The van der Waals surface area contributed by atoms with Crippen molar-refractivity contribution in [2.75, 3.05) is 18.1 Å². The number of hydrogen-bond acceptors (Lipinski definition) is 5. The van der Waals surface area contributed by atoms with E-state index in [2.05, 4.69) is 15.0 Å². The summed E-state index contributed by atoms with van der Waals surface area (Å²) < 4.78 is 38.9. The molecule has 110 valence electrons. The molecule has 1 aromatic heterocycles. The fourth-order valence-corrected chi connectivity index (χ4v) is 3.77. The highest BCUT2D eigenvalue weighted by molar-refractivity contribution is 7.88. The lowest BCUT2D eigenvalue weighted by molar-refractivity contribution is 0.476. The van der Waals surface area contributed by atoms with Crippen LogP contribution in [0.5, 0.6) is 0 Å². The third-order valence-corrected chi connectivity index (χ3v) is 4.39. The van der Waals surface area contributed by atoms with Crippen molar-refractivity contribution in [3.8, 4) is 0 Å². The molecule has 20 heavy (non-hydrogen) atoms. The molecule has 0 aliphatic carbocycles. The summed E-state index contributed by atoms with van der Waals surface area (Å²) >= 11 is 1.33. The minimum absolute atomic E-state index is 0.299. The molecular weight excluding hydrogens is 301 g/mol. The maximum atomic E-state index is 13.1. The first kappa shape index (κ1) is 15.1. The number of benzene rings is 1. The molecule has 0 radical (unpaired) electrons. The van der Waals surface area contributed by atoms with Crippen LogP contribution >= 0.6 is 11.3 Å². The van der Waals surface area contributed by atoms with Crippen LogP contribution in [0.1, 0.15) is 13.8 Å². The summed E-state index contributed by atoms with van der Waals surface area (Å²) in [7, 11) is -3.27. The number of hydrogen-bond donors (Lipinski definition) is 2. The van der Waals surface area contributed by atoms with E-state index in [0.717, 1.165) is 11.0 Å². The Morgan fingerprint density at radius 2 is 2.10 bits per heavy atom. The average molecular weight is 317 g/mol. The normalized spacial score (nSPS) is 12.8. The minimum atomic E-state index is -3.27. The number of rotatable bonds is 5. The lowest BCUT2D eigenvalue weighted by atomic mass is 10.1. The third kappa shape index (κ3) is 4.12. The van der Waals surface area contributed by atoms with E-state index in [4.69, 9.17) is 0 Å². The molecule has 1 heterocycles. The number of nitrogens with one attached hydrogen (secondary N) is 2. The van der Waals surface area contributed by atoms with Crippen LogP contribution in [-0.4, -0.2) is 31.7 Å². The van der Waals surface area contributed by atoms with Crippen molar-refractivity contribution in [2.45, 2.75) is 19.4 Å². The molecule has 0 fully saturated rings. The zero-order valence-electron chi connectivity index (χ0n) is 11.4. The van der Waals surface area contributed by atoms with Crippen LogP contribution in [0, 0.1) is 5.82 Å². The summed E-state index contributed by atoms with van der Waals surface area (Å²) in [4.78, 5) is 4.32. The second-order valence-electron chi connectivity index (χ2n) is 5.24.